The molecule has 1 atom stereocenters. The minimum atomic E-state index is -0.432. The number of benzene rings is 1. The quantitative estimate of drug-likeness (QED) is 0.889. The third kappa shape index (κ3) is 4.00. The number of aliphatic hydroxyl groups is 1. The van der Waals surface area contributed by atoms with Crippen molar-refractivity contribution < 1.29 is 5.11 Å². The zero-order valence-electron chi connectivity index (χ0n) is 11.1. The molecule has 0 amide bonds. The van der Waals surface area contributed by atoms with Crippen LogP contribution in [0.25, 0.3) is 0 Å². The van der Waals surface area contributed by atoms with Crippen LogP contribution in [0.2, 0.25) is 0 Å². The fourth-order valence-electron chi connectivity index (χ4n) is 1.91. The highest BCUT2D eigenvalue weighted by atomic mass is 79.9. The second-order valence-corrected chi connectivity index (χ2v) is 5.67. The van der Waals surface area contributed by atoms with Crippen LogP contribution in [0.15, 0.2) is 22.7 Å². The van der Waals surface area contributed by atoms with Gasteiger partial charge in [-0.1, -0.05) is 35.8 Å². The molecule has 0 radical (unpaired) electrons. The molecule has 0 aromatic heterocycles. The second kappa shape index (κ2) is 6.41. The zero-order valence-corrected chi connectivity index (χ0v) is 12.7. The van der Waals surface area contributed by atoms with Crippen LogP contribution in [0, 0.1) is 5.92 Å². The Kier molecular flexibility index (Phi) is 5.47. The van der Waals surface area contributed by atoms with Crippen molar-refractivity contribution in [2.24, 2.45) is 5.92 Å². The van der Waals surface area contributed by atoms with E-state index in [1.807, 2.05) is 6.07 Å². The first-order chi connectivity index (χ1) is 7.95. The molecule has 0 aliphatic heterocycles. The summed E-state index contributed by atoms with van der Waals surface area (Å²) < 4.78 is 0.979. The van der Waals surface area contributed by atoms with E-state index in [1.165, 1.54) is 5.69 Å². The smallest absolute Gasteiger partial charge is 0.0772 e. The Balaban J connectivity index is 2.94. The van der Waals surface area contributed by atoms with Crippen molar-refractivity contribution >= 4 is 21.6 Å². The van der Waals surface area contributed by atoms with E-state index in [0.717, 1.165) is 23.1 Å². The Morgan fingerprint density at radius 3 is 2.35 bits per heavy atom. The molecular weight excluding hydrogens is 278 g/mol. The Hall–Kier alpha value is -0.540. The SMILES string of the molecule is CCN(CC(C)C)c1ccc(C(C)O)c(Br)c1. The number of aliphatic hydroxyl groups excluding tert-OH is 1. The van der Waals surface area contributed by atoms with Gasteiger partial charge in [0.05, 0.1) is 6.10 Å². The van der Waals surface area contributed by atoms with E-state index in [0.29, 0.717) is 5.92 Å². The first-order valence-electron chi connectivity index (χ1n) is 6.18. The van der Waals surface area contributed by atoms with Crippen LogP contribution in [-0.2, 0) is 0 Å². The van der Waals surface area contributed by atoms with Gasteiger partial charge in [0, 0.05) is 23.2 Å². The summed E-state index contributed by atoms with van der Waals surface area (Å²) in [5, 5.41) is 9.59. The molecule has 96 valence electrons. The molecule has 0 bridgehead atoms. The van der Waals surface area contributed by atoms with Gasteiger partial charge in [0.25, 0.3) is 0 Å². The predicted molar refractivity (Wildman–Crippen MR) is 77.5 cm³/mol. The summed E-state index contributed by atoms with van der Waals surface area (Å²) in [6.07, 6.45) is -0.432. The Morgan fingerprint density at radius 2 is 1.94 bits per heavy atom. The van der Waals surface area contributed by atoms with Crippen LogP contribution in [0.3, 0.4) is 0 Å². The minimum Gasteiger partial charge on any atom is -0.389 e. The number of halogens is 1. The second-order valence-electron chi connectivity index (χ2n) is 4.81. The maximum Gasteiger partial charge on any atom is 0.0772 e. The van der Waals surface area contributed by atoms with Crippen LogP contribution >= 0.6 is 15.9 Å². The lowest BCUT2D eigenvalue weighted by Crippen LogP contribution is -2.27. The number of hydrogen-bond donors (Lipinski definition) is 1. The van der Waals surface area contributed by atoms with E-state index < -0.39 is 6.10 Å². The van der Waals surface area contributed by atoms with Crippen molar-refractivity contribution in [2.45, 2.75) is 33.8 Å². The third-order valence-electron chi connectivity index (χ3n) is 2.77. The van der Waals surface area contributed by atoms with Crippen LogP contribution in [0.5, 0.6) is 0 Å². The Morgan fingerprint density at radius 1 is 1.29 bits per heavy atom. The van der Waals surface area contributed by atoms with Gasteiger partial charge in [0.2, 0.25) is 0 Å². The highest BCUT2D eigenvalue weighted by molar-refractivity contribution is 9.10. The van der Waals surface area contributed by atoms with Gasteiger partial charge in [-0.25, -0.2) is 0 Å². The molecule has 0 heterocycles. The van der Waals surface area contributed by atoms with E-state index in [4.69, 9.17) is 0 Å². The summed E-state index contributed by atoms with van der Waals surface area (Å²) in [6, 6.07) is 6.17. The zero-order chi connectivity index (χ0) is 13.0. The molecule has 1 rings (SSSR count). The molecule has 0 saturated carbocycles. The molecule has 0 aliphatic rings. The van der Waals surface area contributed by atoms with Gasteiger partial charge >= 0.3 is 0 Å². The van der Waals surface area contributed by atoms with E-state index in [9.17, 15) is 5.11 Å². The van der Waals surface area contributed by atoms with Gasteiger partial charge in [-0.15, -0.1) is 0 Å². The molecule has 0 fully saturated rings. The summed E-state index contributed by atoms with van der Waals surface area (Å²) >= 11 is 3.52. The Labute approximate surface area is 113 Å². The molecule has 0 spiro atoms. The molecule has 17 heavy (non-hydrogen) atoms. The lowest BCUT2D eigenvalue weighted by molar-refractivity contribution is 0.198. The summed E-state index contributed by atoms with van der Waals surface area (Å²) in [7, 11) is 0. The third-order valence-corrected chi connectivity index (χ3v) is 3.45. The van der Waals surface area contributed by atoms with Crippen molar-refractivity contribution in [1.82, 2.24) is 0 Å². The van der Waals surface area contributed by atoms with Crippen molar-refractivity contribution in [2.75, 3.05) is 18.0 Å². The molecule has 1 aromatic carbocycles. The van der Waals surface area contributed by atoms with Crippen LogP contribution in [-0.4, -0.2) is 18.2 Å². The fourth-order valence-corrected chi connectivity index (χ4v) is 2.61. The van der Waals surface area contributed by atoms with Crippen LogP contribution in [0.4, 0.5) is 5.69 Å². The molecule has 2 nitrogen and oxygen atoms in total. The van der Waals surface area contributed by atoms with Gasteiger partial charge in [-0.3, -0.25) is 0 Å². The van der Waals surface area contributed by atoms with E-state index in [2.05, 4.69) is 53.7 Å². The molecular formula is C14H22BrNO. The standard InChI is InChI=1S/C14H22BrNO/c1-5-16(9-10(2)3)12-6-7-13(11(4)17)14(15)8-12/h6-8,10-11,17H,5,9H2,1-4H3. The molecule has 1 aromatic rings. The van der Waals surface area contributed by atoms with E-state index in [1.54, 1.807) is 6.92 Å². The van der Waals surface area contributed by atoms with E-state index in [-0.39, 0.29) is 0 Å². The van der Waals surface area contributed by atoms with Crippen molar-refractivity contribution in [3.8, 4) is 0 Å². The summed E-state index contributed by atoms with van der Waals surface area (Å²) in [5.74, 6) is 0.644. The molecule has 3 heteroatoms. The summed E-state index contributed by atoms with van der Waals surface area (Å²) in [6.45, 7) is 10.4. The topological polar surface area (TPSA) is 23.5 Å². The number of rotatable bonds is 5. The van der Waals surface area contributed by atoms with Crippen molar-refractivity contribution in [3.63, 3.8) is 0 Å². The van der Waals surface area contributed by atoms with Crippen molar-refractivity contribution in [1.29, 1.82) is 0 Å². The molecule has 1 N–H and O–H groups in total. The summed E-state index contributed by atoms with van der Waals surface area (Å²) in [5.41, 5.74) is 2.15. The van der Waals surface area contributed by atoms with Crippen LogP contribution < -0.4 is 4.90 Å². The summed E-state index contributed by atoms with van der Waals surface area (Å²) in [4.78, 5) is 2.35. The monoisotopic (exact) mass is 299 g/mol. The first-order valence-corrected chi connectivity index (χ1v) is 6.97. The minimum absolute atomic E-state index is 0.432. The number of hydrogen-bond acceptors (Lipinski definition) is 2. The maximum atomic E-state index is 9.59. The maximum absolute atomic E-state index is 9.59. The first kappa shape index (κ1) is 14.5. The largest absolute Gasteiger partial charge is 0.389 e. The highest BCUT2D eigenvalue weighted by Crippen LogP contribution is 2.28. The van der Waals surface area contributed by atoms with Crippen LogP contribution in [0.1, 0.15) is 39.4 Å². The lowest BCUT2D eigenvalue weighted by Gasteiger charge is -2.26. The molecule has 0 saturated heterocycles. The normalized spacial score (nSPS) is 12.9. The number of nitrogens with zero attached hydrogens (tertiary/aromatic N) is 1. The number of anilines is 1. The van der Waals surface area contributed by atoms with Gasteiger partial charge in [-0.2, -0.15) is 0 Å². The van der Waals surface area contributed by atoms with Gasteiger partial charge in [0.15, 0.2) is 0 Å². The highest BCUT2D eigenvalue weighted by Gasteiger charge is 2.11. The van der Waals surface area contributed by atoms with Gasteiger partial charge in [0.1, 0.15) is 0 Å². The van der Waals surface area contributed by atoms with E-state index >= 15 is 0 Å². The Bertz CT molecular complexity index is 363. The lowest BCUT2D eigenvalue weighted by atomic mass is 10.1. The van der Waals surface area contributed by atoms with Gasteiger partial charge < -0.3 is 10.0 Å². The molecule has 1 unspecified atom stereocenters. The average Bonchev–Trinajstić information content (AvgIpc) is 2.24. The van der Waals surface area contributed by atoms with Crippen molar-refractivity contribution in [3.05, 3.63) is 28.2 Å². The predicted octanol–water partition coefficient (Wildman–Crippen LogP) is 3.98. The fraction of sp³-hybridized carbons (Fsp3) is 0.571. The average molecular weight is 300 g/mol. The molecule has 0 aliphatic carbocycles. The van der Waals surface area contributed by atoms with Gasteiger partial charge in [-0.05, 0) is 37.5 Å².